The van der Waals surface area contributed by atoms with Gasteiger partial charge in [-0.25, -0.2) is 4.98 Å². The minimum atomic E-state index is -0.182. The third kappa shape index (κ3) is 3.08. The van der Waals surface area contributed by atoms with E-state index in [1.165, 1.54) is 0 Å². The Balaban J connectivity index is 2.60. The second-order valence-corrected chi connectivity index (χ2v) is 3.81. The van der Waals surface area contributed by atoms with Crippen LogP contribution in [-0.4, -0.2) is 17.4 Å². The number of anilines is 1. The molecule has 0 aliphatic heterocycles. The van der Waals surface area contributed by atoms with Gasteiger partial charge in [-0.1, -0.05) is 6.92 Å². The molecule has 5 heteroatoms. The summed E-state index contributed by atoms with van der Waals surface area (Å²) < 4.78 is 0.738. The van der Waals surface area contributed by atoms with Crippen LogP contribution in [0.2, 0.25) is 0 Å². The molecule has 0 aliphatic carbocycles. The van der Waals surface area contributed by atoms with Crippen molar-refractivity contribution in [1.29, 1.82) is 0 Å². The average Bonchev–Trinajstić information content (AvgIpc) is 2.20. The van der Waals surface area contributed by atoms with E-state index in [1.54, 1.807) is 25.3 Å². The van der Waals surface area contributed by atoms with Crippen LogP contribution in [0.4, 0.5) is 5.69 Å². The molecular weight excluding hydrogens is 246 g/mol. The minimum absolute atomic E-state index is 0.0865. The number of pyridine rings is 1. The van der Waals surface area contributed by atoms with Crippen molar-refractivity contribution in [3.8, 4) is 0 Å². The summed E-state index contributed by atoms with van der Waals surface area (Å²) in [5, 5.41) is 2.72. The van der Waals surface area contributed by atoms with Crippen LogP contribution < -0.4 is 11.1 Å². The molecule has 0 spiro atoms. The molecule has 4 nitrogen and oxygen atoms in total. The maximum absolute atomic E-state index is 11.4. The predicted octanol–water partition coefficient (Wildman–Crippen LogP) is 1.38. The Hall–Kier alpha value is -0.940. The molecule has 1 aromatic rings. The summed E-state index contributed by atoms with van der Waals surface area (Å²) in [6, 6.07) is 3.54. The summed E-state index contributed by atoms with van der Waals surface area (Å²) in [6.45, 7) is 2.12. The van der Waals surface area contributed by atoms with Gasteiger partial charge in [0, 0.05) is 12.5 Å². The van der Waals surface area contributed by atoms with Crippen LogP contribution >= 0.6 is 15.9 Å². The predicted molar refractivity (Wildman–Crippen MR) is 58.8 cm³/mol. The fourth-order valence-corrected chi connectivity index (χ4v) is 1.06. The van der Waals surface area contributed by atoms with E-state index >= 15 is 0 Å². The van der Waals surface area contributed by atoms with E-state index in [9.17, 15) is 4.79 Å². The molecule has 3 N–H and O–H groups in total. The van der Waals surface area contributed by atoms with Gasteiger partial charge in [-0.15, -0.1) is 0 Å². The Morgan fingerprint density at radius 3 is 2.93 bits per heavy atom. The van der Waals surface area contributed by atoms with Crippen LogP contribution in [0.5, 0.6) is 0 Å². The summed E-state index contributed by atoms with van der Waals surface area (Å²) in [5.74, 6) is -0.268. The molecule has 1 aromatic heterocycles. The number of rotatable bonds is 3. The zero-order valence-electron chi connectivity index (χ0n) is 7.83. The van der Waals surface area contributed by atoms with Crippen LogP contribution in [0.15, 0.2) is 22.9 Å². The van der Waals surface area contributed by atoms with Gasteiger partial charge in [0.1, 0.15) is 4.60 Å². The third-order valence-electron chi connectivity index (χ3n) is 1.80. The second-order valence-electron chi connectivity index (χ2n) is 3.00. The Kier molecular flexibility index (Phi) is 4.03. The first-order chi connectivity index (χ1) is 6.63. The molecule has 1 atom stereocenters. The van der Waals surface area contributed by atoms with Crippen LogP contribution in [0.1, 0.15) is 6.92 Å². The summed E-state index contributed by atoms with van der Waals surface area (Å²) in [4.78, 5) is 15.4. The number of aromatic nitrogens is 1. The number of carbonyl (C=O) groups is 1. The lowest BCUT2D eigenvalue weighted by molar-refractivity contribution is -0.119. The second kappa shape index (κ2) is 5.07. The van der Waals surface area contributed by atoms with Gasteiger partial charge in [0.2, 0.25) is 5.91 Å². The van der Waals surface area contributed by atoms with Gasteiger partial charge in [-0.3, -0.25) is 4.79 Å². The van der Waals surface area contributed by atoms with Crippen LogP contribution in [0.25, 0.3) is 0 Å². The summed E-state index contributed by atoms with van der Waals surface area (Å²) >= 11 is 3.21. The SMILES string of the molecule is CC(CN)C(=O)Nc1ccc(Br)nc1. The third-order valence-corrected chi connectivity index (χ3v) is 2.27. The lowest BCUT2D eigenvalue weighted by Crippen LogP contribution is -2.26. The van der Waals surface area contributed by atoms with Crippen molar-refractivity contribution < 1.29 is 4.79 Å². The number of nitrogens with one attached hydrogen (secondary N) is 1. The van der Waals surface area contributed by atoms with Crippen molar-refractivity contribution in [3.05, 3.63) is 22.9 Å². The first kappa shape index (κ1) is 11.1. The van der Waals surface area contributed by atoms with Crippen molar-refractivity contribution in [3.63, 3.8) is 0 Å². The number of halogens is 1. The van der Waals surface area contributed by atoms with Crippen molar-refractivity contribution >= 4 is 27.5 Å². The van der Waals surface area contributed by atoms with E-state index in [0.717, 1.165) is 4.60 Å². The molecule has 0 saturated carbocycles. The van der Waals surface area contributed by atoms with Crippen LogP contribution in [0, 0.1) is 5.92 Å². The normalized spacial score (nSPS) is 12.2. The topological polar surface area (TPSA) is 68.0 Å². The Bertz CT molecular complexity index is 312. The fraction of sp³-hybridized carbons (Fsp3) is 0.333. The highest BCUT2D eigenvalue weighted by molar-refractivity contribution is 9.10. The number of hydrogen-bond donors (Lipinski definition) is 2. The zero-order valence-corrected chi connectivity index (χ0v) is 9.41. The quantitative estimate of drug-likeness (QED) is 0.805. The first-order valence-electron chi connectivity index (χ1n) is 4.26. The van der Waals surface area contributed by atoms with E-state index in [2.05, 4.69) is 26.2 Å². The van der Waals surface area contributed by atoms with Crippen molar-refractivity contribution in [2.45, 2.75) is 6.92 Å². The molecule has 0 aliphatic rings. The molecule has 14 heavy (non-hydrogen) atoms. The molecule has 0 saturated heterocycles. The highest BCUT2D eigenvalue weighted by atomic mass is 79.9. The van der Waals surface area contributed by atoms with Gasteiger partial charge < -0.3 is 11.1 Å². The Morgan fingerprint density at radius 2 is 2.43 bits per heavy atom. The zero-order chi connectivity index (χ0) is 10.6. The minimum Gasteiger partial charge on any atom is -0.330 e. The molecule has 0 radical (unpaired) electrons. The number of amides is 1. The smallest absolute Gasteiger partial charge is 0.228 e. The van der Waals surface area contributed by atoms with Gasteiger partial charge in [-0.05, 0) is 28.1 Å². The van der Waals surface area contributed by atoms with E-state index in [-0.39, 0.29) is 11.8 Å². The van der Waals surface area contributed by atoms with Gasteiger partial charge in [0.15, 0.2) is 0 Å². The van der Waals surface area contributed by atoms with E-state index in [0.29, 0.717) is 12.2 Å². The van der Waals surface area contributed by atoms with Crippen LogP contribution in [0.3, 0.4) is 0 Å². The number of carbonyl (C=O) groups excluding carboxylic acids is 1. The standard InChI is InChI=1S/C9H12BrN3O/c1-6(4-11)9(14)13-7-2-3-8(10)12-5-7/h2-3,5-6H,4,11H2,1H3,(H,13,14). The maximum Gasteiger partial charge on any atom is 0.228 e. The number of nitrogens with zero attached hydrogens (tertiary/aromatic N) is 1. The fourth-order valence-electron chi connectivity index (χ4n) is 0.822. The summed E-state index contributed by atoms with van der Waals surface area (Å²) in [6.07, 6.45) is 1.59. The van der Waals surface area contributed by atoms with Gasteiger partial charge in [0.05, 0.1) is 11.9 Å². The first-order valence-corrected chi connectivity index (χ1v) is 5.05. The van der Waals surface area contributed by atoms with Crippen molar-refractivity contribution in [2.75, 3.05) is 11.9 Å². The number of nitrogens with two attached hydrogens (primary N) is 1. The molecule has 0 fully saturated rings. The molecule has 76 valence electrons. The van der Waals surface area contributed by atoms with Crippen LogP contribution in [-0.2, 0) is 4.79 Å². The largest absolute Gasteiger partial charge is 0.330 e. The summed E-state index contributed by atoms with van der Waals surface area (Å²) in [7, 11) is 0. The number of hydrogen-bond acceptors (Lipinski definition) is 3. The van der Waals surface area contributed by atoms with E-state index < -0.39 is 0 Å². The average molecular weight is 258 g/mol. The lowest BCUT2D eigenvalue weighted by atomic mass is 10.1. The molecular formula is C9H12BrN3O. The molecule has 0 aromatic carbocycles. The van der Waals surface area contributed by atoms with E-state index in [1.807, 2.05) is 0 Å². The van der Waals surface area contributed by atoms with Gasteiger partial charge >= 0.3 is 0 Å². The highest BCUT2D eigenvalue weighted by Gasteiger charge is 2.10. The molecule has 1 heterocycles. The Labute approximate surface area is 91.0 Å². The van der Waals surface area contributed by atoms with Crippen molar-refractivity contribution in [1.82, 2.24) is 4.98 Å². The van der Waals surface area contributed by atoms with Gasteiger partial charge in [0.25, 0.3) is 0 Å². The monoisotopic (exact) mass is 257 g/mol. The highest BCUT2D eigenvalue weighted by Crippen LogP contribution is 2.11. The molecule has 1 amide bonds. The Morgan fingerprint density at radius 1 is 1.71 bits per heavy atom. The van der Waals surface area contributed by atoms with Crippen molar-refractivity contribution in [2.24, 2.45) is 11.7 Å². The lowest BCUT2D eigenvalue weighted by Gasteiger charge is -2.09. The summed E-state index contributed by atoms with van der Waals surface area (Å²) in [5.41, 5.74) is 6.05. The molecule has 1 rings (SSSR count). The molecule has 0 bridgehead atoms. The van der Waals surface area contributed by atoms with Gasteiger partial charge in [-0.2, -0.15) is 0 Å². The maximum atomic E-state index is 11.4. The van der Waals surface area contributed by atoms with E-state index in [4.69, 9.17) is 5.73 Å². The molecule has 1 unspecified atom stereocenters.